The van der Waals surface area contributed by atoms with Crippen molar-refractivity contribution in [2.75, 3.05) is 18.4 Å². The molecule has 3 N–H and O–H groups in total. The third kappa shape index (κ3) is 1.80. The van der Waals surface area contributed by atoms with Crippen molar-refractivity contribution < 1.29 is 0 Å². The molecule has 1 unspecified atom stereocenters. The van der Waals surface area contributed by atoms with E-state index >= 15 is 0 Å². The molecule has 1 aliphatic heterocycles. The van der Waals surface area contributed by atoms with Crippen LogP contribution in [-0.4, -0.2) is 22.6 Å². The van der Waals surface area contributed by atoms with Crippen LogP contribution >= 0.6 is 0 Å². The monoisotopic (exact) mass is 228 g/mol. The summed E-state index contributed by atoms with van der Waals surface area (Å²) >= 11 is 0. The summed E-state index contributed by atoms with van der Waals surface area (Å²) in [6, 6.07) is 10.6. The molecule has 4 nitrogen and oxygen atoms in total. The van der Waals surface area contributed by atoms with Gasteiger partial charge in [-0.3, -0.25) is 0 Å². The molecular weight excluding hydrogens is 212 g/mol. The van der Waals surface area contributed by atoms with E-state index < -0.39 is 0 Å². The molecule has 0 saturated carbocycles. The zero-order valence-corrected chi connectivity index (χ0v) is 9.63. The first-order valence-corrected chi connectivity index (χ1v) is 5.96. The van der Waals surface area contributed by atoms with Crippen LogP contribution in [0.1, 0.15) is 12.5 Å². The molecule has 0 saturated heterocycles. The normalized spacial score (nSPS) is 18.5. The zero-order valence-electron chi connectivity index (χ0n) is 9.63. The van der Waals surface area contributed by atoms with Crippen LogP contribution in [0.25, 0.3) is 11.3 Å². The molecule has 4 heteroatoms. The number of hydrogen-bond acceptors (Lipinski definition) is 3. The Balaban J connectivity index is 2.02. The lowest BCUT2D eigenvalue weighted by molar-refractivity contribution is 0.468. The Morgan fingerprint density at radius 3 is 2.94 bits per heavy atom. The quantitative estimate of drug-likeness (QED) is 0.825. The first-order valence-electron chi connectivity index (χ1n) is 5.96. The van der Waals surface area contributed by atoms with E-state index in [0.717, 1.165) is 30.2 Å². The average molecular weight is 228 g/mol. The Morgan fingerprint density at radius 1 is 1.35 bits per heavy atom. The van der Waals surface area contributed by atoms with E-state index in [4.69, 9.17) is 5.73 Å². The van der Waals surface area contributed by atoms with Gasteiger partial charge in [-0.2, -0.15) is 0 Å². The molecule has 1 aromatic carbocycles. The molecule has 88 valence electrons. The highest BCUT2D eigenvalue weighted by molar-refractivity contribution is 5.60. The summed E-state index contributed by atoms with van der Waals surface area (Å²) in [5, 5.41) is 3.31. The van der Waals surface area contributed by atoms with Gasteiger partial charge in [-0.05, 0) is 6.42 Å². The summed E-state index contributed by atoms with van der Waals surface area (Å²) in [6.07, 6.45) is 3.16. The average Bonchev–Trinajstić information content (AvgIpc) is 2.83. The van der Waals surface area contributed by atoms with E-state index in [2.05, 4.69) is 33.2 Å². The van der Waals surface area contributed by atoms with E-state index in [1.165, 1.54) is 0 Å². The predicted octanol–water partition coefficient (Wildman–Crippen LogP) is 1.87. The third-order valence-corrected chi connectivity index (χ3v) is 3.23. The van der Waals surface area contributed by atoms with E-state index in [1.807, 2.05) is 18.2 Å². The fourth-order valence-electron chi connectivity index (χ4n) is 2.27. The van der Waals surface area contributed by atoms with Gasteiger partial charge in [0.2, 0.25) is 5.95 Å². The lowest BCUT2D eigenvalue weighted by Crippen LogP contribution is -2.27. The topological polar surface area (TPSA) is 55.9 Å². The Kier molecular flexibility index (Phi) is 2.57. The van der Waals surface area contributed by atoms with Gasteiger partial charge in [0, 0.05) is 24.8 Å². The fourth-order valence-corrected chi connectivity index (χ4v) is 2.27. The van der Waals surface area contributed by atoms with Crippen molar-refractivity contribution in [3.63, 3.8) is 0 Å². The van der Waals surface area contributed by atoms with Crippen molar-refractivity contribution in [1.82, 2.24) is 9.55 Å². The molecule has 0 fully saturated rings. The van der Waals surface area contributed by atoms with Crippen LogP contribution in [0.4, 0.5) is 5.95 Å². The second-order valence-electron chi connectivity index (χ2n) is 4.33. The van der Waals surface area contributed by atoms with E-state index in [9.17, 15) is 0 Å². The number of anilines is 1. The minimum atomic E-state index is 0.371. The minimum absolute atomic E-state index is 0.371. The number of nitrogens with two attached hydrogens (primary N) is 1. The SMILES string of the molecule is NCC1CCNc2nc(-c3ccccc3)cn21. The third-order valence-electron chi connectivity index (χ3n) is 3.23. The number of aromatic nitrogens is 2. The number of fused-ring (bicyclic) bond motifs is 1. The number of imidazole rings is 1. The van der Waals surface area contributed by atoms with Crippen molar-refractivity contribution in [1.29, 1.82) is 0 Å². The maximum Gasteiger partial charge on any atom is 0.203 e. The van der Waals surface area contributed by atoms with Crippen LogP contribution in [0, 0.1) is 0 Å². The number of nitrogens with one attached hydrogen (secondary N) is 1. The summed E-state index contributed by atoms with van der Waals surface area (Å²) < 4.78 is 2.16. The zero-order chi connectivity index (χ0) is 11.7. The van der Waals surface area contributed by atoms with Crippen LogP contribution in [0.15, 0.2) is 36.5 Å². The van der Waals surface area contributed by atoms with Gasteiger partial charge in [0.05, 0.1) is 11.7 Å². The van der Waals surface area contributed by atoms with Gasteiger partial charge in [-0.15, -0.1) is 0 Å². The molecular formula is C13H16N4. The van der Waals surface area contributed by atoms with E-state index in [1.54, 1.807) is 0 Å². The summed E-state index contributed by atoms with van der Waals surface area (Å²) in [6.45, 7) is 1.62. The summed E-state index contributed by atoms with van der Waals surface area (Å²) in [5.74, 6) is 0.936. The van der Waals surface area contributed by atoms with Gasteiger partial charge >= 0.3 is 0 Å². The Bertz CT molecular complexity index is 503. The van der Waals surface area contributed by atoms with Gasteiger partial charge in [-0.1, -0.05) is 30.3 Å². The summed E-state index contributed by atoms with van der Waals surface area (Å²) in [4.78, 5) is 4.62. The lowest BCUT2D eigenvalue weighted by Gasteiger charge is -2.24. The van der Waals surface area contributed by atoms with Crippen molar-refractivity contribution in [2.45, 2.75) is 12.5 Å². The van der Waals surface area contributed by atoms with Crippen LogP contribution in [-0.2, 0) is 0 Å². The highest BCUT2D eigenvalue weighted by Crippen LogP contribution is 2.27. The smallest absolute Gasteiger partial charge is 0.203 e. The predicted molar refractivity (Wildman–Crippen MR) is 68.9 cm³/mol. The van der Waals surface area contributed by atoms with Gasteiger partial charge in [0.1, 0.15) is 0 Å². The molecule has 1 aliphatic rings. The molecule has 0 radical (unpaired) electrons. The molecule has 3 rings (SSSR count). The van der Waals surface area contributed by atoms with Crippen molar-refractivity contribution >= 4 is 5.95 Å². The lowest BCUT2D eigenvalue weighted by atomic mass is 10.1. The molecule has 0 spiro atoms. The van der Waals surface area contributed by atoms with Crippen molar-refractivity contribution in [3.05, 3.63) is 36.5 Å². The first-order chi connectivity index (χ1) is 8.38. The van der Waals surface area contributed by atoms with Gasteiger partial charge in [0.25, 0.3) is 0 Å². The number of hydrogen-bond donors (Lipinski definition) is 2. The highest BCUT2D eigenvalue weighted by atomic mass is 15.2. The number of benzene rings is 1. The maximum absolute atomic E-state index is 5.79. The minimum Gasteiger partial charge on any atom is -0.356 e. The van der Waals surface area contributed by atoms with E-state index in [-0.39, 0.29) is 0 Å². The van der Waals surface area contributed by atoms with Crippen molar-refractivity contribution in [3.8, 4) is 11.3 Å². The van der Waals surface area contributed by atoms with Gasteiger partial charge in [-0.25, -0.2) is 4.98 Å². The van der Waals surface area contributed by atoms with Crippen molar-refractivity contribution in [2.24, 2.45) is 5.73 Å². The molecule has 17 heavy (non-hydrogen) atoms. The standard InChI is InChI=1S/C13H16N4/c14-8-11-6-7-15-13-16-12(9-17(11)13)10-4-2-1-3-5-10/h1-5,9,11H,6-8,14H2,(H,15,16). The van der Waals surface area contributed by atoms with E-state index in [0.29, 0.717) is 12.6 Å². The largest absolute Gasteiger partial charge is 0.356 e. The molecule has 1 aromatic heterocycles. The number of rotatable bonds is 2. The fraction of sp³-hybridized carbons (Fsp3) is 0.308. The molecule has 0 bridgehead atoms. The first kappa shape index (κ1) is 10.4. The molecule has 2 heterocycles. The molecule has 0 aliphatic carbocycles. The van der Waals surface area contributed by atoms with Crippen LogP contribution in [0.2, 0.25) is 0 Å². The number of nitrogens with zero attached hydrogens (tertiary/aromatic N) is 2. The Hall–Kier alpha value is -1.81. The summed E-state index contributed by atoms with van der Waals surface area (Å²) in [5.41, 5.74) is 7.94. The second-order valence-corrected chi connectivity index (χ2v) is 4.33. The second kappa shape index (κ2) is 4.22. The Morgan fingerprint density at radius 2 is 2.18 bits per heavy atom. The summed E-state index contributed by atoms with van der Waals surface area (Å²) in [7, 11) is 0. The van der Waals surface area contributed by atoms with Crippen LogP contribution in [0.5, 0.6) is 0 Å². The molecule has 1 atom stereocenters. The van der Waals surface area contributed by atoms with Gasteiger partial charge < -0.3 is 15.6 Å². The maximum atomic E-state index is 5.79. The molecule has 0 amide bonds. The van der Waals surface area contributed by atoms with Crippen LogP contribution < -0.4 is 11.1 Å². The molecule has 2 aromatic rings. The highest BCUT2D eigenvalue weighted by Gasteiger charge is 2.20. The van der Waals surface area contributed by atoms with Crippen LogP contribution in [0.3, 0.4) is 0 Å². The van der Waals surface area contributed by atoms with Gasteiger partial charge in [0.15, 0.2) is 0 Å². The Labute approximate surface area is 100 Å².